The predicted molar refractivity (Wildman–Crippen MR) is 108 cm³/mol. The Morgan fingerprint density at radius 2 is 1.74 bits per heavy atom. The number of hydrogen-bond donors (Lipinski definition) is 3. The molecule has 3 N–H and O–H groups in total. The van der Waals surface area contributed by atoms with Crippen molar-refractivity contribution in [1.29, 1.82) is 0 Å². The minimum atomic E-state index is -0.181. The Morgan fingerprint density at radius 3 is 2.41 bits per heavy atom. The lowest BCUT2D eigenvalue weighted by atomic mass is 10.2. The molecule has 0 unspecified atom stereocenters. The van der Waals surface area contributed by atoms with Crippen molar-refractivity contribution >= 4 is 23.2 Å². The second-order valence-electron chi connectivity index (χ2n) is 6.54. The fourth-order valence-electron chi connectivity index (χ4n) is 2.34. The van der Waals surface area contributed by atoms with Gasteiger partial charge in [0.25, 0.3) is 5.91 Å². The summed E-state index contributed by atoms with van der Waals surface area (Å²) in [7, 11) is 0. The topological polar surface area (TPSA) is 79.5 Å². The van der Waals surface area contributed by atoms with Gasteiger partial charge in [-0.2, -0.15) is 0 Å². The van der Waals surface area contributed by atoms with Crippen LogP contribution in [0.1, 0.15) is 31.1 Å². The van der Waals surface area contributed by atoms with Gasteiger partial charge in [0.05, 0.1) is 18.8 Å². The van der Waals surface area contributed by atoms with Crippen molar-refractivity contribution in [1.82, 2.24) is 5.32 Å². The van der Waals surface area contributed by atoms with Gasteiger partial charge in [0.1, 0.15) is 5.75 Å². The highest BCUT2D eigenvalue weighted by molar-refractivity contribution is 5.96. The first-order valence-corrected chi connectivity index (χ1v) is 9.13. The zero-order chi connectivity index (χ0) is 19.6. The molecule has 0 aliphatic rings. The van der Waals surface area contributed by atoms with Crippen LogP contribution in [0.5, 0.6) is 5.75 Å². The van der Waals surface area contributed by atoms with Crippen molar-refractivity contribution in [3.05, 3.63) is 54.1 Å². The Bertz CT molecular complexity index is 758. The molecule has 0 spiro atoms. The lowest BCUT2D eigenvalue weighted by Crippen LogP contribution is -2.23. The highest BCUT2D eigenvalue weighted by Crippen LogP contribution is 2.24. The van der Waals surface area contributed by atoms with Crippen LogP contribution in [0.4, 0.5) is 11.4 Å². The molecule has 0 fully saturated rings. The maximum Gasteiger partial charge on any atom is 0.251 e. The van der Waals surface area contributed by atoms with Crippen molar-refractivity contribution in [2.75, 3.05) is 30.3 Å². The van der Waals surface area contributed by atoms with Gasteiger partial charge in [-0.25, -0.2) is 0 Å². The number of carbonyl (C=O) groups is 2. The van der Waals surface area contributed by atoms with Gasteiger partial charge in [-0.1, -0.05) is 26.0 Å². The summed E-state index contributed by atoms with van der Waals surface area (Å²) in [5.74, 6) is 0.837. The van der Waals surface area contributed by atoms with Crippen LogP contribution in [0.15, 0.2) is 48.5 Å². The van der Waals surface area contributed by atoms with Crippen LogP contribution in [0.2, 0.25) is 0 Å². The maximum atomic E-state index is 12.2. The van der Waals surface area contributed by atoms with Crippen molar-refractivity contribution < 1.29 is 14.3 Å². The van der Waals surface area contributed by atoms with E-state index in [1.807, 2.05) is 31.2 Å². The van der Waals surface area contributed by atoms with Gasteiger partial charge < -0.3 is 20.7 Å². The quantitative estimate of drug-likeness (QED) is 0.632. The highest BCUT2D eigenvalue weighted by atomic mass is 16.5. The molecular weight excluding hydrogens is 342 g/mol. The van der Waals surface area contributed by atoms with E-state index in [2.05, 4.69) is 29.8 Å². The van der Waals surface area contributed by atoms with E-state index in [4.69, 9.17) is 4.74 Å². The number of rotatable bonds is 9. The largest absolute Gasteiger partial charge is 0.491 e. The first-order chi connectivity index (χ1) is 13.0. The van der Waals surface area contributed by atoms with Crippen molar-refractivity contribution in [3.63, 3.8) is 0 Å². The molecule has 0 radical (unpaired) electrons. The van der Waals surface area contributed by atoms with E-state index in [9.17, 15) is 9.59 Å². The molecule has 0 aromatic heterocycles. The lowest BCUT2D eigenvalue weighted by Gasteiger charge is -2.14. The number of hydrogen-bond acceptors (Lipinski definition) is 4. The van der Waals surface area contributed by atoms with Crippen LogP contribution in [0.25, 0.3) is 0 Å². The molecule has 2 rings (SSSR count). The average molecular weight is 369 g/mol. The molecule has 0 saturated heterocycles. The van der Waals surface area contributed by atoms with Gasteiger partial charge in [-0.05, 0) is 49.2 Å². The number of nitrogens with one attached hydrogen (secondary N) is 3. The van der Waals surface area contributed by atoms with E-state index in [-0.39, 0.29) is 18.4 Å². The molecular formula is C21H27N3O3. The van der Waals surface area contributed by atoms with E-state index in [1.165, 1.54) is 0 Å². The number of para-hydroxylation sites is 2. The minimum Gasteiger partial charge on any atom is -0.491 e. The second kappa shape index (κ2) is 10.2. The van der Waals surface area contributed by atoms with Gasteiger partial charge in [0.15, 0.2) is 0 Å². The fraction of sp³-hybridized carbons (Fsp3) is 0.333. The average Bonchev–Trinajstić information content (AvgIpc) is 2.66. The third-order valence-corrected chi connectivity index (χ3v) is 3.67. The van der Waals surface area contributed by atoms with Gasteiger partial charge in [0.2, 0.25) is 5.91 Å². The van der Waals surface area contributed by atoms with Gasteiger partial charge in [-0.15, -0.1) is 0 Å². The molecule has 2 aromatic rings. The zero-order valence-corrected chi connectivity index (χ0v) is 16.0. The third kappa shape index (κ3) is 6.66. The van der Waals surface area contributed by atoms with Gasteiger partial charge >= 0.3 is 0 Å². The number of amides is 2. The fourth-order valence-corrected chi connectivity index (χ4v) is 2.34. The Hall–Kier alpha value is -3.02. The molecule has 0 aliphatic carbocycles. The van der Waals surface area contributed by atoms with Crippen molar-refractivity contribution in [3.8, 4) is 5.75 Å². The van der Waals surface area contributed by atoms with E-state index in [1.54, 1.807) is 24.3 Å². The van der Waals surface area contributed by atoms with Crippen molar-refractivity contribution in [2.45, 2.75) is 20.8 Å². The summed E-state index contributed by atoms with van der Waals surface area (Å²) in [5.41, 5.74) is 1.98. The Morgan fingerprint density at radius 1 is 1.04 bits per heavy atom. The van der Waals surface area contributed by atoms with E-state index in [0.29, 0.717) is 30.3 Å². The SMILES string of the molecule is CCNC(=O)c1ccc(NC(=O)CNc2ccccc2OCC(C)C)cc1. The highest BCUT2D eigenvalue weighted by Gasteiger charge is 2.08. The smallest absolute Gasteiger partial charge is 0.251 e. The summed E-state index contributed by atoms with van der Waals surface area (Å²) < 4.78 is 5.77. The maximum absolute atomic E-state index is 12.2. The lowest BCUT2D eigenvalue weighted by molar-refractivity contribution is -0.114. The number of anilines is 2. The summed E-state index contributed by atoms with van der Waals surface area (Å²) in [4.78, 5) is 23.9. The molecule has 0 heterocycles. The number of benzene rings is 2. The summed E-state index contributed by atoms with van der Waals surface area (Å²) in [5, 5.41) is 8.64. The van der Waals surface area contributed by atoms with Crippen molar-refractivity contribution in [2.24, 2.45) is 5.92 Å². The summed E-state index contributed by atoms with van der Waals surface area (Å²) in [6, 6.07) is 14.3. The van der Waals surface area contributed by atoms with Gasteiger partial charge in [0, 0.05) is 17.8 Å². The monoisotopic (exact) mass is 369 g/mol. The normalized spacial score (nSPS) is 10.4. The number of ether oxygens (including phenoxy) is 1. The molecule has 2 aromatic carbocycles. The molecule has 2 amide bonds. The summed E-state index contributed by atoms with van der Waals surface area (Å²) in [6.45, 7) is 7.33. The Balaban J connectivity index is 1.88. The Kier molecular flexibility index (Phi) is 7.67. The van der Waals surface area contributed by atoms with Crippen LogP contribution in [0, 0.1) is 5.92 Å². The van der Waals surface area contributed by atoms with Gasteiger partial charge in [-0.3, -0.25) is 9.59 Å². The van der Waals surface area contributed by atoms with E-state index >= 15 is 0 Å². The first-order valence-electron chi connectivity index (χ1n) is 9.13. The summed E-state index contributed by atoms with van der Waals surface area (Å²) in [6.07, 6.45) is 0. The van der Waals surface area contributed by atoms with Crippen LogP contribution >= 0.6 is 0 Å². The predicted octanol–water partition coefficient (Wildman–Crippen LogP) is 3.52. The first kappa shape index (κ1) is 20.3. The molecule has 0 saturated carbocycles. The molecule has 0 atom stereocenters. The molecule has 27 heavy (non-hydrogen) atoms. The molecule has 0 aliphatic heterocycles. The van der Waals surface area contributed by atoms with Crippen LogP contribution in [0.3, 0.4) is 0 Å². The summed E-state index contributed by atoms with van der Waals surface area (Å²) >= 11 is 0. The van der Waals surface area contributed by atoms with E-state index in [0.717, 1.165) is 11.4 Å². The second-order valence-corrected chi connectivity index (χ2v) is 6.54. The third-order valence-electron chi connectivity index (χ3n) is 3.67. The Labute approximate surface area is 160 Å². The number of carbonyl (C=O) groups excluding carboxylic acids is 2. The van der Waals surface area contributed by atoms with Crippen LogP contribution in [-0.4, -0.2) is 31.5 Å². The molecule has 144 valence electrons. The molecule has 0 bridgehead atoms. The van der Waals surface area contributed by atoms with Crippen LogP contribution < -0.4 is 20.7 Å². The standard InChI is InChI=1S/C21H27N3O3/c1-4-22-21(26)16-9-11-17(12-10-16)24-20(25)13-23-18-7-5-6-8-19(18)27-14-15(2)3/h5-12,15,23H,4,13-14H2,1-3H3,(H,22,26)(H,24,25). The van der Waals surface area contributed by atoms with Crippen LogP contribution in [-0.2, 0) is 4.79 Å². The minimum absolute atomic E-state index is 0.111. The molecule has 6 heteroatoms. The zero-order valence-electron chi connectivity index (χ0n) is 16.0. The molecule has 6 nitrogen and oxygen atoms in total. The van der Waals surface area contributed by atoms with E-state index < -0.39 is 0 Å².